The smallest absolute Gasteiger partial charge is 0.315 e. The van der Waals surface area contributed by atoms with Gasteiger partial charge in [0.05, 0.1) is 18.1 Å². The summed E-state index contributed by atoms with van der Waals surface area (Å²) in [4.78, 5) is 12.4. The Kier molecular flexibility index (Phi) is 4.59. The van der Waals surface area contributed by atoms with Crippen LogP contribution in [-0.2, 0) is 20.7 Å². The number of carbonyl (C=O) groups is 1. The second kappa shape index (κ2) is 6.20. The Morgan fingerprint density at radius 1 is 1.37 bits per heavy atom. The first kappa shape index (κ1) is 14.1. The fourth-order valence-electron chi connectivity index (χ4n) is 3.13. The van der Waals surface area contributed by atoms with E-state index in [2.05, 4.69) is 12.1 Å². The molecule has 0 aromatic heterocycles. The molecule has 2 atom stereocenters. The lowest BCUT2D eigenvalue weighted by atomic mass is 9.78. The van der Waals surface area contributed by atoms with Crippen LogP contribution in [0.3, 0.4) is 0 Å². The molecule has 3 heteroatoms. The van der Waals surface area contributed by atoms with Gasteiger partial charge in [-0.1, -0.05) is 30.3 Å². The molecule has 1 aromatic carbocycles. The van der Waals surface area contributed by atoms with Crippen LogP contribution in [0.1, 0.15) is 31.7 Å². The van der Waals surface area contributed by atoms with E-state index in [1.807, 2.05) is 25.1 Å². The van der Waals surface area contributed by atoms with Gasteiger partial charge in [0.15, 0.2) is 0 Å². The Hall–Kier alpha value is -1.35. The summed E-state index contributed by atoms with van der Waals surface area (Å²) >= 11 is 0. The van der Waals surface area contributed by atoms with Crippen molar-refractivity contribution in [2.24, 2.45) is 5.41 Å². The van der Waals surface area contributed by atoms with Crippen LogP contribution in [0.5, 0.6) is 0 Å². The third kappa shape index (κ3) is 2.81. The number of benzene rings is 1. The van der Waals surface area contributed by atoms with Gasteiger partial charge in [0.1, 0.15) is 0 Å². The summed E-state index contributed by atoms with van der Waals surface area (Å²) in [6, 6.07) is 10.1. The van der Waals surface area contributed by atoms with E-state index in [-0.39, 0.29) is 12.1 Å². The van der Waals surface area contributed by atoms with Crippen molar-refractivity contribution in [3.8, 4) is 0 Å². The Morgan fingerprint density at radius 3 is 2.74 bits per heavy atom. The maximum absolute atomic E-state index is 12.4. The second-order valence-corrected chi connectivity index (χ2v) is 5.16. The van der Waals surface area contributed by atoms with E-state index in [1.54, 1.807) is 7.11 Å². The standard InChI is InChI=1S/C16H22O3/c1-3-19-15(17)16(11-7-10-14(16)18-2)12-13-8-5-4-6-9-13/h4-6,8-9,14H,3,7,10-12H2,1-2H3. The van der Waals surface area contributed by atoms with Crippen LogP contribution < -0.4 is 0 Å². The molecule has 0 radical (unpaired) electrons. The molecule has 1 fully saturated rings. The summed E-state index contributed by atoms with van der Waals surface area (Å²) < 4.78 is 10.9. The van der Waals surface area contributed by atoms with E-state index >= 15 is 0 Å². The molecule has 0 bridgehead atoms. The number of methoxy groups -OCH3 is 1. The zero-order valence-electron chi connectivity index (χ0n) is 11.7. The van der Waals surface area contributed by atoms with E-state index in [4.69, 9.17) is 9.47 Å². The molecule has 0 heterocycles. The molecule has 0 saturated heterocycles. The summed E-state index contributed by atoms with van der Waals surface area (Å²) in [6.45, 7) is 2.27. The van der Waals surface area contributed by atoms with Gasteiger partial charge in [-0.2, -0.15) is 0 Å². The molecule has 1 saturated carbocycles. The molecular formula is C16H22O3. The molecule has 2 unspecified atom stereocenters. The molecule has 3 nitrogen and oxygen atoms in total. The number of rotatable bonds is 5. The van der Waals surface area contributed by atoms with Crippen LogP contribution >= 0.6 is 0 Å². The molecular weight excluding hydrogens is 240 g/mol. The summed E-state index contributed by atoms with van der Waals surface area (Å²) in [5.41, 5.74) is 0.658. The quantitative estimate of drug-likeness (QED) is 0.765. The van der Waals surface area contributed by atoms with Crippen LogP contribution in [0.4, 0.5) is 0 Å². The van der Waals surface area contributed by atoms with Gasteiger partial charge < -0.3 is 9.47 Å². The molecule has 19 heavy (non-hydrogen) atoms. The largest absolute Gasteiger partial charge is 0.465 e. The lowest BCUT2D eigenvalue weighted by molar-refractivity contribution is -0.162. The Bertz CT molecular complexity index is 415. The van der Waals surface area contributed by atoms with E-state index in [9.17, 15) is 4.79 Å². The van der Waals surface area contributed by atoms with Gasteiger partial charge in [0, 0.05) is 7.11 Å². The minimum Gasteiger partial charge on any atom is -0.465 e. The van der Waals surface area contributed by atoms with E-state index < -0.39 is 5.41 Å². The highest BCUT2D eigenvalue weighted by molar-refractivity contribution is 5.78. The predicted octanol–water partition coefficient (Wildman–Crippen LogP) is 2.98. The molecule has 0 N–H and O–H groups in total. The van der Waals surface area contributed by atoms with Gasteiger partial charge in [0.2, 0.25) is 0 Å². The van der Waals surface area contributed by atoms with Crippen molar-refractivity contribution in [3.05, 3.63) is 35.9 Å². The lowest BCUT2D eigenvalue weighted by Gasteiger charge is -2.32. The Morgan fingerprint density at radius 2 is 2.11 bits per heavy atom. The molecule has 2 rings (SSSR count). The van der Waals surface area contributed by atoms with Crippen LogP contribution in [0, 0.1) is 5.41 Å². The zero-order valence-corrected chi connectivity index (χ0v) is 11.7. The predicted molar refractivity (Wildman–Crippen MR) is 73.9 cm³/mol. The molecule has 1 aliphatic rings. The van der Waals surface area contributed by atoms with Gasteiger partial charge >= 0.3 is 5.97 Å². The maximum Gasteiger partial charge on any atom is 0.315 e. The Balaban J connectivity index is 2.26. The number of hydrogen-bond acceptors (Lipinski definition) is 3. The van der Waals surface area contributed by atoms with E-state index in [1.165, 1.54) is 5.56 Å². The highest BCUT2D eigenvalue weighted by Crippen LogP contribution is 2.43. The first-order valence-electron chi connectivity index (χ1n) is 6.97. The first-order chi connectivity index (χ1) is 9.23. The molecule has 1 aliphatic carbocycles. The number of hydrogen-bond donors (Lipinski definition) is 0. The van der Waals surface area contributed by atoms with Gasteiger partial charge in [-0.15, -0.1) is 0 Å². The molecule has 0 aliphatic heterocycles. The zero-order chi connectivity index (χ0) is 13.7. The van der Waals surface area contributed by atoms with Crippen molar-refractivity contribution in [2.45, 2.75) is 38.7 Å². The van der Waals surface area contributed by atoms with Crippen molar-refractivity contribution in [1.29, 1.82) is 0 Å². The summed E-state index contributed by atoms with van der Waals surface area (Å²) in [7, 11) is 1.69. The van der Waals surface area contributed by atoms with Gasteiger partial charge in [-0.3, -0.25) is 4.79 Å². The summed E-state index contributed by atoms with van der Waals surface area (Å²) in [5, 5.41) is 0. The number of ether oxygens (including phenoxy) is 2. The van der Waals surface area contributed by atoms with Crippen molar-refractivity contribution < 1.29 is 14.3 Å². The molecule has 0 amide bonds. The first-order valence-corrected chi connectivity index (χ1v) is 6.97. The third-order valence-electron chi connectivity index (χ3n) is 4.03. The van der Waals surface area contributed by atoms with Gasteiger partial charge in [-0.05, 0) is 38.2 Å². The minimum atomic E-state index is -0.508. The van der Waals surface area contributed by atoms with Crippen LogP contribution in [-0.4, -0.2) is 25.8 Å². The van der Waals surface area contributed by atoms with Crippen molar-refractivity contribution in [2.75, 3.05) is 13.7 Å². The average molecular weight is 262 g/mol. The monoisotopic (exact) mass is 262 g/mol. The normalized spacial score (nSPS) is 26.3. The second-order valence-electron chi connectivity index (χ2n) is 5.16. The van der Waals surface area contributed by atoms with Gasteiger partial charge in [-0.25, -0.2) is 0 Å². The van der Waals surface area contributed by atoms with Crippen molar-refractivity contribution in [3.63, 3.8) is 0 Å². The summed E-state index contributed by atoms with van der Waals surface area (Å²) in [5.74, 6) is -0.108. The highest BCUT2D eigenvalue weighted by atomic mass is 16.5. The molecule has 1 aromatic rings. The molecule has 104 valence electrons. The fourth-order valence-corrected chi connectivity index (χ4v) is 3.13. The highest BCUT2D eigenvalue weighted by Gasteiger charge is 2.50. The lowest BCUT2D eigenvalue weighted by Crippen LogP contribution is -2.42. The third-order valence-corrected chi connectivity index (χ3v) is 4.03. The SMILES string of the molecule is CCOC(=O)C1(Cc2ccccc2)CCCC1OC. The van der Waals surface area contributed by atoms with Gasteiger partial charge in [0.25, 0.3) is 0 Å². The van der Waals surface area contributed by atoms with Crippen molar-refractivity contribution >= 4 is 5.97 Å². The fraction of sp³-hybridized carbons (Fsp3) is 0.562. The maximum atomic E-state index is 12.4. The van der Waals surface area contributed by atoms with Crippen LogP contribution in [0.2, 0.25) is 0 Å². The molecule has 0 spiro atoms. The van der Waals surface area contributed by atoms with E-state index in [0.717, 1.165) is 19.3 Å². The topological polar surface area (TPSA) is 35.5 Å². The van der Waals surface area contributed by atoms with Crippen LogP contribution in [0.25, 0.3) is 0 Å². The number of esters is 1. The van der Waals surface area contributed by atoms with Crippen LogP contribution in [0.15, 0.2) is 30.3 Å². The Labute approximate surface area is 114 Å². The average Bonchev–Trinajstić information content (AvgIpc) is 2.84. The minimum absolute atomic E-state index is 0.0354. The van der Waals surface area contributed by atoms with Crippen molar-refractivity contribution in [1.82, 2.24) is 0 Å². The van der Waals surface area contributed by atoms with E-state index in [0.29, 0.717) is 13.0 Å². The number of carbonyl (C=O) groups excluding carboxylic acids is 1. The summed E-state index contributed by atoms with van der Waals surface area (Å²) in [6.07, 6.45) is 3.46.